The molecule has 2 rings (SSSR count). The summed E-state index contributed by atoms with van der Waals surface area (Å²) in [6.45, 7) is 1.92. The molecule has 0 amide bonds. The number of anilines is 1. The molecule has 0 saturated carbocycles. The standard InChI is InChI=1S/C13H14N4O4/c1-8-3-4-10(9(5-8)17(18)19)21-13-6-11(14)15-12(16-13)7-20-2/h3-6H,7H2,1-2H3,(H2,14,15,16). The average Bonchev–Trinajstić information content (AvgIpc) is 2.40. The Labute approximate surface area is 120 Å². The van der Waals surface area contributed by atoms with E-state index < -0.39 is 4.92 Å². The van der Waals surface area contributed by atoms with Gasteiger partial charge in [-0.05, 0) is 18.6 Å². The number of aromatic nitrogens is 2. The van der Waals surface area contributed by atoms with Gasteiger partial charge in [0.2, 0.25) is 11.6 Å². The number of nitrogens with two attached hydrogens (primary N) is 1. The molecule has 8 nitrogen and oxygen atoms in total. The van der Waals surface area contributed by atoms with E-state index in [4.69, 9.17) is 15.2 Å². The fraction of sp³-hybridized carbons (Fsp3) is 0.231. The minimum atomic E-state index is -0.511. The lowest BCUT2D eigenvalue weighted by atomic mass is 10.2. The summed E-state index contributed by atoms with van der Waals surface area (Å²) in [5.74, 6) is 0.748. The van der Waals surface area contributed by atoms with Gasteiger partial charge in [-0.3, -0.25) is 10.1 Å². The number of nitro groups is 1. The lowest BCUT2D eigenvalue weighted by Crippen LogP contribution is -2.03. The zero-order valence-corrected chi connectivity index (χ0v) is 11.6. The minimum absolute atomic E-state index is 0.0899. The molecule has 0 aliphatic rings. The highest BCUT2D eigenvalue weighted by Gasteiger charge is 2.17. The van der Waals surface area contributed by atoms with Crippen LogP contribution in [0.25, 0.3) is 0 Å². The van der Waals surface area contributed by atoms with Crippen LogP contribution in [0.1, 0.15) is 11.4 Å². The zero-order valence-electron chi connectivity index (χ0n) is 11.6. The lowest BCUT2D eigenvalue weighted by molar-refractivity contribution is -0.385. The van der Waals surface area contributed by atoms with Gasteiger partial charge in [-0.1, -0.05) is 6.07 Å². The second-order valence-electron chi connectivity index (χ2n) is 4.31. The van der Waals surface area contributed by atoms with Gasteiger partial charge in [0.1, 0.15) is 12.4 Å². The molecule has 110 valence electrons. The number of ether oxygens (including phenoxy) is 2. The lowest BCUT2D eigenvalue weighted by Gasteiger charge is -2.08. The molecule has 8 heteroatoms. The largest absolute Gasteiger partial charge is 0.432 e. The quantitative estimate of drug-likeness (QED) is 0.663. The number of aryl methyl sites for hydroxylation is 1. The van der Waals surface area contributed by atoms with E-state index in [2.05, 4.69) is 9.97 Å². The summed E-state index contributed by atoms with van der Waals surface area (Å²) in [6.07, 6.45) is 0. The van der Waals surface area contributed by atoms with Crippen LogP contribution in [-0.2, 0) is 11.3 Å². The number of hydrogen-bond acceptors (Lipinski definition) is 7. The second-order valence-corrected chi connectivity index (χ2v) is 4.31. The number of nitro benzene ring substituents is 1. The Morgan fingerprint density at radius 2 is 2.10 bits per heavy atom. The molecule has 0 radical (unpaired) electrons. The first-order chi connectivity index (χ1) is 9.99. The molecule has 21 heavy (non-hydrogen) atoms. The Hall–Kier alpha value is -2.74. The van der Waals surface area contributed by atoms with Gasteiger partial charge in [0.25, 0.3) is 0 Å². The smallest absolute Gasteiger partial charge is 0.311 e. The van der Waals surface area contributed by atoms with Gasteiger partial charge in [-0.15, -0.1) is 0 Å². The third kappa shape index (κ3) is 3.63. The van der Waals surface area contributed by atoms with Gasteiger partial charge in [-0.25, -0.2) is 4.98 Å². The van der Waals surface area contributed by atoms with Crippen molar-refractivity contribution >= 4 is 11.5 Å². The molecule has 0 atom stereocenters. The van der Waals surface area contributed by atoms with Crippen molar-refractivity contribution in [2.75, 3.05) is 12.8 Å². The number of nitrogen functional groups attached to an aromatic ring is 1. The van der Waals surface area contributed by atoms with Crippen molar-refractivity contribution in [3.63, 3.8) is 0 Å². The van der Waals surface area contributed by atoms with Crippen molar-refractivity contribution in [3.8, 4) is 11.6 Å². The molecule has 0 fully saturated rings. The van der Waals surface area contributed by atoms with Crippen LogP contribution >= 0.6 is 0 Å². The van der Waals surface area contributed by atoms with Crippen LogP contribution in [0.15, 0.2) is 24.3 Å². The highest BCUT2D eigenvalue weighted by atomic mass is 16.6. The summed E-state index contributed by atoms with van der Waals surface area (Å²) >= 11 is 0. The third-order valence-corrected chi connectivity index (χ3v) is 2.57. The van der Waals surface area contributed by atoms with Crippen molar-refractivity contribution in [1.29, 1.82) is 0 Å². The first kappa shape index (κ1) is 14.7. The van der Waals surface area contributed by atoms with E-state index in [1.807, 2.05) is 0 Å². The third-order valence-electron chi connectivity index (χ3n) is 2.57. The first-order valence-corrected chi connectivity index (χ1v) is 6.05. The molecule has 0 spiro atoms. The summed E-state index contributed by atoms with van der Waals surface area (Å²) in [5.41, 5.74) is 6.27. The molecule has 1 aromatic heterocycles. The molecule has 0 bridgehead atoms. The predicted octanol–water partition coefficient (Wildman–Crippen LogP) is 2.21. The van der Waals surface area contributed by atoms with Crippen molar-refractivity contribution < 1.29 is 14.4 Å². The zero-order chi connectivity index (χ0) is 15.4. The maximum atomic E-state index is 11.0. The molecule has 0 saturated heterocycles. The van der Waals surface area contributed by atoms with Crippen molar-refractivity contribution in [3.05, 3.63) is 45.8 Å². The summed E-state index contributed by atoms with van der Waals surface area (Å²) < 4.78 is 10.4. The van der Waals surface area contributed by atoms with Gasteiger partial charge < -0.3 is 15.2 Å². The minimum Gasteiger partial charge on any atom is -0.432 e. The summed E-state index contributed by atoms with van der Waals surface area (Å²) in [7, 11) is 1.50. The number of nitrogens with zero attached hydrogens (tertiary/aromatic N) is 3. The van der Waals surface area contributed by atoms with Gasteiger partial charge in [0.15, 0.2) is 5.82 Å². The Morgan fingerprint density at radius 3 is 2.76 bits per heavy atom. The van der Waals surface area contributed by atoms with Crippen molar-refractivity contribution in [2.45, 2.75) is 13.5 Å². The molecule has 2 aromatic rings. The Kier molecular flexibility index (Phi) is 4.29. The first-order valence-electron chi connectivity index (χ1n) is 6.05. The molecule has 1 heterocycles. The van der Waals surface area contributed by atoms with Gasteiger partial charge in [0.05, 0.1) is 4.92 Å². The van der Waals surface area contributed by atoms with E-state index in [1.54, 1.807) is 13.0 Å². The van der Waals surface area contributed by atoms with Crippen LogP contribution in [0.5, 0.6) is 11.6 Å². The highest BCUT2D eigenvalue weighted by Crippen LogP contribution is 2.31. The van der Waals surface area contributed by atoms with Gasteiger partial charge in [0, 0.05) is 19.2 Å². The summed E-state index contributed by atoms with van der Waals surface area (Å²) in [4.78, 5) is 18.6. The van der Waals surface area contributed by atoms with Crippen molar-refractivity contribution in [1.82, 2.24) is 9.97 Å². The Morgan fingerprint density at radius 1 is 1.33 bits per heavy atom. The number of hydrogen-bond donors (Lipinski definition) is 1. The molecule has 0 aliphatic carbocycles. The molecular formula is C13H14N4O4. The number of methoxy groups -OCH3 is 1. The van der Waals surface area contributed by atoms with E-state index in [-0.39, 0.29) is 29.7 Å². The van der Waals surface area contributed by atoms with Crippen molar-refractivity contribution in [2.24, 2.45) is 0 Å². The van der Waals surface area contributed by atoms with E-state index >= 15 is 0 Å². The molecule has 0 aliphatic heterocycles. The van der Waals surface area contributed by atoms with Crippen LogP contribution in [0, 0.1) is 17.0 Å². The number of benzene rings is 1. The highest BCUT2D eigenvalue weighted by molar-refractivity contribution is 5.50. The predicted molar refractivity (Wildman–Crippen MR) is 75.1 cm³/mol. The van der Waals surface area contributed by atoms with Crippen LogP contribution in [-0.4, -0.2) is 22.0 Å². The fourth-order valence-electron chi connectivity index (χ4n) is 1.71. The second kappa shape index (κ2) is 6.14. The summed E-state index contributed by atoms with van der Waals surface area (Å²) in [6, 6.07) is 6.05. The number of rotatable bonds is 5. The Bertz CT molecular complexity index is 675. The van der Waals surface area contributed by atoms with Crippen LogP contribution in [0.3, 0.4) is 0 Å². The van der Waals surface area contributed by atoms with E-state index in [1.165, 1.54) is 25.3 Å². The summed E-state index contributed by atoms with van der Waals surface area (Å²) in [5, 5.41) is 11.0. The molecule has 1 aromatic carbocycles. The molecular weight excluding hydrogens is 276 g/mol. The average molecular weight is 290 g/mol. The van der Waals surface area contributed by atoms with E-state index in [9.17, 15) is 10.1 Å². The van der Waals surface area contributed by atoms with Crippen LogP contribution in [0.2, 0.25) is 0 Å². The normalized spacial score (nSPS) is 10.4. The van der Waals surface area contributed by atoms with Crippen LogP contribution in [0.4, 0.5) is 11.5 Å². The monoisotopic (exact) mass is 290 g/mol. The SMILES string of the molecule is COCc1nc(N)cc(Oc2ccc(C)cc2[N+](=O)[O-])n1. The molecule has 2 N–H and O–H groups in total. The van der Waals surface area contributed by atoms with Crippen LogP contribution < -0.4 is 10.5 Å². The van der Waals surface area contributed by atoms with Gasteiger partial charge in [-0.2, -0.15) is 4.98 Å². The maximum absolute atomic E-state index is 11.0. The van der Waals surface area contributed by atoms with E-state index in [0.717, 1.165) is 5.56 Å². The molecule has 0 unspecified atom stereocenters. The Balaban J connectivity index is 2.36. The van der Waals surface area contributed by atoms with E-state index in [0.29, 0.717) is 5.82 Å². The topological polar surface area (TPSA) is 113 Å². The fourth-order valence-corrected chi connectivity index (χ4v) is 1.71. The maximum Gasteiger partial charge on any atom is 0.311 e. The van der Waals surface area contributed by atoms with Gasteiger partial charge >= 0.3 is 5.69 Å².